The van der Waals surface area contributed by atoms with E-state index in [4.69, 9.17) is 4.74 Å². The third kappa shape index (κ3) is 4.81. The van der Waals surface area contributed by atoms with Gasteiger partial charge in [-0.05, 0) is 49.4 Å². The van der Waals surface area contributed by atoms with Crippen molar-refractivity contribution in [3.05, 3.63) is 77.3 Å². The minimum absolute atomic E-state index is 0.139. The highest BCUT2D eigenvalue weighted by Crippen LogP contribution is 2.41. The number of piperidine rings is 1. The molecule has 8 nitrogen and oxygen atoms in total. The van der Waals surface area contributed by atoms with Gasteiger partial charge >= 0.3 is 6.09 Å². The van der Waals surface area contributed by atoms with E-state index in [0.29, 0.717) is 39.0 Å². The van der Waals surface area contributed by atoms with Crippen LogP contribution in [0.25, 0.3) is 0 Å². The summed E-state index contributed by atoms with van der Waals surface area (Å²) >= 11 is 0. The number of hydrogen-bond acceptors (Lipinski definition) is 6. The number of aryl methyl sites for hydroxylation is 1. The predicted octanol–water partition coefficient (Wildman–Crippen LogP) is 3.60. The number of hydrogen-bond donors (Lipinski definition) is 1. The van der Waals surface area contributed by atoms with Gasteiger partial charge in [0.25, 0.3) is 5.91 Å². The molecule has 3 heterocycles. The number of carbonyl (C=O) groups is 3. The van der Waals surface area contributed by atoms with Crippen molar-refractivity contribution in [2.45, 2.75) is 44.7 Å². The monoisotopic (exact) mass is 463 g/mol. The number of rotatable bonds is 7. The number of pyridine rings is 1. The predicted molar refractivity (Wildman–Crippen MR) is 125 cm³/mol. The molecule has 1 unspecified atom stereocenters. The Morgan fingerprint density at radius 1 is 1.09 bits per heavy atom. The Kier molecular flexibility index (Phi) is 7.25. The summed E-state index contributed by atoms with van der Waals surface area (Å²) in [4.78, 5) is 45.9. The van der Waals surface area contributed by atoms with Gasteiger partial charge in [-0.25, -0.2) is 4.79 Å². The summed E-state index contributed by atoms with van der Waals surface area (Å²) in [5.74, 6) is -1.27. The van der Waals surface area contributed by atoms with Crippen molar-refractivity contribution < 1.29 is 24.2 Å². The molecule has 1 aromatic heterocycles. The third-order valence-corrected chi connectivity index (χ3v) is 6.43. The van der Waals surface area contributed by atoms with Crippen molar-refractivity contribution in [1.29, 1.82) is 0 Å². The molecule has 8 heteroatoms. The van der Waals surface area contributed by atoms with Gasteiger partial charge in [-0.1, -0.05) is 30.3 Å². The molecular formula is C26H29N3O5. The van der Waals surface area contributed by atoms with E-state index < -0.39 is 17.7 Å². The van der Waals surface area contributed by atoms with Gasteiger partial charge in [0.2, 0.25) is 0 Å². The van der Waals surface area contributed by atoms with Crippen LogP contribution in [0.5, 0.6) is 0 Å². The van der Waals surface area contributed by atoms with Crippen molar-refractivity contribution in [2.24, 2.45) is 0 Å². The number of amides is 2. The highest BCUT2D eigenvalue weighted by atomic mass is 16.6. The zero-order valence-corrected chi connectivity index (χ0v) is 19.2. The number of carbonyl (C=O) groups excluding carboxylic acids is 3. The summed E-state index contributed by atoms with van der Waals surface area (Å²) in [5.41, 5.74) is 1.88. The quantitative estimate of drug-likeness (QED) is 0.674. The second kappa shape index (κ2) is 10.5. The first-order valence-electron chi connectivity index (χ1n) is 11.7. The summed E-state index contributed by atoms with van der Waals surface area (Å²) in [6.45, 7) is 2.94. The van der Waals surface area contributed by atoms with Crippen LogP contribution in [0.2, 0.25) is 0 Å². The Labute approximate surface area is 198 Å². The van der Waals surface area contributed by atoms with Crippen LogP contribution in [0, 0.1) is 0 Å². The second-order valence-electron chi connectivity index (χ2n) is 8.48. The number of Topliss-reactive ketones (excluding diaryl/α,β-unsaturated/α-hetero) is 1. The molecule has 178 valence electrons. The number of aliphatic hydroxyl groups excluding tert-OH is 1. The Bertz CT molecular complexity index is 1060. The summed E-state index contributed by atoms with van der Waals surface area (Å²) < 4.78 is 5.09. The average Bonchev–Trinajstić information content (AvgIpc) is 3.14. The zero-order valence-electron chi connectivity index (χ0n) is 19.2. The Morgan fingerprint density at radius 3 is 2.41 bits per heavy atom. The first kappa shape index (κ1) is 23.5. The fourth-order valence-electron chi connectivity index (χ4n) is 4.74. The van der Waals surface area contributed by atoms with Crippen molar-refractivity contribution in [3.63, 3.8) is 0 Å². The number of likely N-dealkylation sites (tertiary alicyclic amines) is 1. The van der Waals surface area contributed by atoms with Gasteiger partial charge in [-0.2, -0.15) is 0 Å². The van der Waals surface area contributed by atoms with E-state index >= 15 is 0 Å². The summed E-state index contributed by atoms with van der Waals surface area (Å²) in [5, 5.41) is 10.8. The molecule has 2 amide bonds. The molecule has 1 N–H and O–H groups in total. The third-order valence-electron chi connectivity index (χ3n) is 6.43. The van der Waals surface area contributed by atoms with Gasteiger partial charge < -0.3 is 19.6 Å². The first-order valence-corrected chi connectivity index (χ1v) is 11.7. The lowest BCUT2D eigenvalue weighted by atomic mass is 9.92. The number of aromatic nitrogens is 1. The van der Waals surface area contributed by atoms with Crippen molar-refractivity contribution in [3.8, 4) is 0 Å². The van der Waals surface area contributed by atoms with Gasteiger partial charge in [0.15, 0.2) is 11.5 Å². The van der Waals surface area contributed by atoms with E-state index in [1.54, 1.807) is 41.2 Å². The molecule has 34 heavy (non-hydrogen) atoms. The number of ketones is 1. The van der Waals surface area contributed by atoms with Gasteiger partial charge in [0.05, 0.1) is 18.2 Å². The summed E-state index contributed by atoms with van der Waals surface area (Å²) in [6.07, 6.45) is 4.64. The molecule has 1 fully saturated rings. The van der Waals surface area contributed by atoms with Crippen LogP contribution in [0.4, 0.5) is 4.79 Å². The zero-order chi connectivity index (χ0) is 24.1. The highest BCUT2D eigenvalue weighted by Gasteiger charge is 2.46. The largest absolute Gasteiger partial charge is 0.503 e. The van der Waals surface area contributed by atoms with Crippen molar-refractivity contribution >= 4 is 17.8 Å². The molecule has 0 aliphatic carbocycles. The Balaban J connectivity index is 1.56. The molecule has 0 saturated carbocycles. The van der Waals surface area contributed by atoms with Crippen LogP contribution in [-0.2, 0) is 20.7 Å². The van der Waals surface area contributed by atoms with E-state index in [2.05, 4.69) is 4.98 Å². The lowest BCUT2D eigenvalue weighted by Gasteiger charge is -2.39. The molecule has 4 rings (SSSR count). The lowest BCUT2D eigenvalue weighted by Crippen LogP contribution is -2.48. The molecular weight excluding hydrogens is 434 g/mol. The number of benzene rings is 1. The van der Waals surface area contributed by atoms with Crippen molar-refractivity contribution in [1.82, 2.24) is 14.8 Å². The molecule has 2 aliphatic heterocycles. The van der Waals surface area contributed by atoms with E-state index in [0.717, 1.165) is 11.1 Å². The van der Waals surface area contributed by atoms with E-state index in [-0.39, 0.29) is 29.9 Å². The van der Waals surface area contributed by atoms with Crippen LogP contribution >= 0.6 is 0 Å². The Hall–Kier alpha value is -3.68. The fraction of sp³-hybridized carbons (Fsp3) is 0.385. The fourth-order valence-corrected chi connectivity index (χ4v) is 4.74. The first-order chi connectivity index (χ1) is 16.5. The second-order valence-corrected chi connectivity index (χ2v) is 8.48. The number of nitrogens with zero attached hydrogens (tertiary/aromatic N) is 3. The van der Waals surface area contributed by atoms with Gasteiger partial charge in [0.1, 0.15) is 0 Å². The lowest BCUT2D eigenvalue weighted by molar-refractivity contribution is -0.132. The SMILES string of the molecule is CCOC(=O)N1CCC(N2C(=O)C(O)=C(C(=O)CCc3ccccc3)C2c2ccncc2)CC1. The van der Waals surface area contributed by atoms with E-state index in [9.17, 15) is 19.5 Å². The Morgan fingerprint density at radius 2 is 1.76 bits per heavy atom. The average molecular weight is 464 g/mol. The highest BCUT2D eigenvalue weighted by molar-refractivity contribution is 6.09. The maximum Gasteiger partial charge on any atom is 0.409 e. The smallest absolute Gasteiger partial charge is 0.409 e. The molecule has 0 spiro atoms. The molecule has 1 saturated heterocycles. The van der Waals surface area contributed by atoms with Gasteiger partial charge in [-0.15, -0.1) is 0 Å². The maximum atomic E-state index is 13.3. The minimum Gasteiger partial charge on any atom is -0.503 e. The van der Waals surface area contributed by atoms with Crippen molar-refractivity contribution in [2.75, 3.05) is 19.7 Å². The molecule has 1 aromatic carbocycles. The standard InChI is InChI=1S/C26H29N3O5/c1-2-34-26(33)28-16-12-20(13-17-28)29-23(19-10-14-27-15-11-19)22(24(31)25(29)32)21(30)9-8-18-6-4-3-5-7-18/h3-7,10-11,14-15,20,23,31H,2,8-9,12-13,16-17H2,1H3. The molecule has 0 bridgehead atoms. The molecule has 1 atom stereocenters. The van der Waals surface area contributed by atoms with Crippen LogP contribution in [0.3, 0.4) is 0 Å². The topological polar surface area (TPSA) is 100 Å². The molecule has 2 aliphatic rings. The number of aliphatic hydroxyl groups is 1. The van der Waals surface area contributed by atoms with Crippen LogP contribution in [-0.4, -0.2) is 63.4 Å². The normalized spacial score (nSPS) is 19.0. The van der Waals surface area contributed by atoms with Crippen LogP contribution in [0.1, 0.15) is 43.4 Å². The van der Waals surface area contributed by atoms with Crippen LogP contribution < -0.4 is 0 Å². The minimum atomic E-state index is -0.682. The van der Waals surface area contributed by atoms with E-state index in [1.165, 1.54) is 0 Å². The summed E-state index contributed by atoms with van der Waals surface area (Å²) in [6, 6.07) is 12.3. The number of ether oxygens (including phenoxy) is 1. The van der Waals surface area contributed by atoms with Gasteiger partial charge in [-0.3, -0.25) is 14.6 Å². The molecule has 2 aromatic rings. The van der Waals surface area contributed by atoms with E-state index in [1.807, 2.05) is 30.3 Å². The summed E-state index contributed by atoms with van der Waals surface area (Å²) in [7, 11) is 0. The van der Waals surface area contributed by atoms with Crippen LogP contribution in [0.15, 0.2) is 66.2 Å². The maximum absolute atomic E-state index is 13.3. The molecule has 0 radical (unpaired) electrons. The van der Waals surface area contributed by atoms with Gasteiger partial charge in [0, 0.05) is 37.9 Å².